The zero-order valence-electron chi connectivity index (χ0n) is 8.16. The summed E-state index contributed by atoms with van der Waals surface area (Å²) in [6.45, 7) is 0.482. The van der Waals surface area contributed by atoms with Crippen LogP contribution in [-0.4, -0.2) is 16.1 Å². The van der Waals surface area contributed by atoms with Gasteiger partial charge in [-0.1, -0.05) is 0 Å². The van der Waals surface area contributed by atoms with Gasteiger partial charge in [-0.15, -0.1) is 11.3 Å². The monoisotopic (exact) mass is 300 g/mol. The molecule has 0 saturated carbocycles. The summed E-state index contributed by atoms with van der Waals surface area (Å²) in [7, 11) is 0. The number of aromatic amines is 1. The smallest absolute Gasteiger partial charge is 0.269 e. The van der Waals surface area contributed by atoms with E-state index in [0.717, 1.165) is 9.35 Å². The Morgan fingerprint density at radius 3 is 3.06 bits per heavy atom. The Morgan fingerprint density at radius 2 is 2.50 bits per heavy atom. The number of hydrogen-bond acceptors (Lipinski definition) is 4. The molecule has 0 aliphatic rings. The molecule has 2 aromatic rings. The van der Waals surface area contributed by atoms with Crippen molar-refractivity contribution in [1.82, 2.24) is 15.5 Å². The lowest BCUT2D eigenvalue weighted by Gasteiger charge is -2.01. The van der Waals surface area contributed by atoms with Crippen LogP contribution < -0.4 is 11.1 Å². The van der Waals surface area contributed by atoms with Gasteiger partial charge >= 0.3 is 0 Å². The summed E-state index contributed by atoms with van der Waals surface area (Å²) < 4.78 is 1.00. The van der Waals surface area contributed by atoms with E-state index in [4.69, 9.17) is 5.73 Å². The molecule has 2 aromatic heterocycles. The zero-order chi connectivity index (χ0) is 11.5. The maximum atomic E-state index is 11.6. The number of hydrogen-bond donors (Lipinski definition) is 3. The Balaban J connectivity index is 1.96. The van der Waals surface area contributed by atoms with Crippen LogP contribution >= 0.6 is 27.3 Å². The van der Waals surface area contributed by atoms with Crippen molar-refractivity contribution in [3.05, 3.63) is 32.6 Å². The summed E-state index contributed by atoms with van der Waals surface area (Å²) in [4.78, 5) is 12.7. The molecule has 2 rings (SSSR count). The third-order valence-corrected chi connectivity index (χ3v) is 3.87. The number of nitrogens with zero attached hydrogens (tertiary/aromatic N) is 1. The first-order chi connectivity index (χ1) is 7.66. The summed E-state index contributed by atoms with van der Waals surface area (Å²) in [5.74, 6) is 0.0898. The fourth-order valence-electron chi connectivity index (χ4n) is 1.16. The van der Waals surface area contributed by atoms with Gasteiger partial charge in [-0.2, -0.15) is 5.10 Å². The quantitative estimate of drug-likeness (QED) is 0.807. The van der Waals surface area contributed by atoms with E-state index in [1.165, 1.54) is 6.07 Å². The maximum Gasteiger partial charge on any atom is 0.269 e. The number of thiophene rings is 1. The lowest BCUT2D eigenvalue weighted by atomic mass is 10.4. The Hall–Kier alpha value is -1.34. The van der Waals surface area contributed by atoms with Crippen LogP contribution in [0.2, 0.25) is 0 Å². The third-order valence-electron chi connectivity index (χ3n) is 1.94. The lowest BCUT2D eigenvalue weighted by Crippen LogP contribution is -2.22. The first-order valence-electron chi connectivity index (χ1n) is 4.48. The fourth-order valence-corrected chi connectivity index (χ4v) is 2.59. The van der Waals surface area contributed by atoms with Crippen LogP contribution in [0.1, 0.15) is 15.4 Å². The molecule has 0 fully saturated rings. The van der Waals surface area contributed by atoms with Gasteiger partial charge in [-0.3, -0.25) is 9.89 Å². The van der Waals surface area contributed by atoms with Crippen LogP contribution in [-0.2, 0) is 6.54 Å². The van der Waals surface area contributed by atoms with Gasteiger partial charge in [0.25, 0.3) is 5.91 Å². The Morgan fingerprint density at radius 1 is 1.69 bits per heavy atom. The molecule has 0 radical (unpaired) electrons. The number of rotatable bonds is 3. The Kier molecular flexibility index (Phi) is 3.25. The van der Waals surface area contributed by atoms with Crippen LogP contribution in [0.15, 0.2) is 22.0 Å². The highest BCUT2D eigenvalue weighted by atomic mass is 79.9. The van der Waals surface area contributed by atoms with E-state index in [1.54, 1.807) is 11.3 Å². The highest BCUT2D eigenvalue weighted by molar-refractivity contribution is 9.10. The van der Waals surface area contributed by atoms with Gasteiger partial charge in [0.05, 0.1) is 6.54 Å². The largest absolute Gasteiger partial charge is 0.382 e. The standard InChI is InChI=1S/C9H9BrN4OS/c10-5-1-2-16-7(5)4-12-9(15)6-3-8(11)14-13-6/h1-3H,4H2,(H,12,15)(H3,11,13,14). The topological polar surface area (TPSA) is 83.8 Å². The van der Waals surface area contributed by atoms with Gasteiger partial charge in [-0.05, 0) is 27.4 Å². The molecule has 7 heteroatoms. The molecule has 2 heterocycles. The number of nitrogen functional groups attached to an aromatic ring is 1. The second kappa shape index (κ2) is 4.67. The predicted molar refractivity (Wildman–Crippen MR) is 66.2 cm³/mol. The van der Waals surface area contributed by atoms with Gasteiger partial charge in [0.1, 0.15) is 11.5 Å². The van der Waals surface area contributed by atoms with Gasteiger partial charge in [0.15, 0.2) is 0 Å². The number of halogens is 1. The summed E-state index contributed by atoms with van der Waals surface area (Å²) in [6.07, 6.45) is 0. The molecule has 0 saturated heterocycles. The third kappa shape index (κ3) is 2.42. The minimum Gasteiger partial charge on any atom is -0.382 e. The Bertz CT molecular complexity index is 507. The molecule has 0 unspecified atom stereocenters. The van der Waals surface area contributed by atoms with Crippen LogP contribution in [0, 0.1) is 0 Å². The summed E-state index contributed by atoms with van der Waals surface area (Å²) in [6, 6.07) is 3.44. The second-order valence-corrected chi connectivity index (χ2v) is 4.94. The average molecular weight is 301 g/mol. The molecule has 0 atom stereocenters. The molecular formula is C9H9BrN4OS. The minimum atomic E-state index is -0.218. The van der Waals surface area contributed by atoms with Crippen molar-refractivity contribution in [2.24, 2.45) is 0 Å². The van der Waals surface area contributed by atoms with Gasteiger partial charge in [-0.25, -0.2) is 0 Å². The molecule has 16 heavy (non-hydrogen) atoms. The SMILES string of the molecule is Nc1cc(C(=O)NCc2sccc2Br)[nH]n1. The first-order valence-corrected chi connectivity index (χ1v) is 6.15. The van der Waals surface area contributed by atoms with E-state index >= 15 is 0 Å². The number of carbonyl (C=O) groups is 1. The number of aromatic nitrogens is 2. The van der Waals surface area contributed by atoms with Gasteiger partial charge in [0, 0.05) is 15.4 Å². The van der Waals surface area contributed by atoms with Crippen molar-refractivity contribution < 1.29 is 4.79 Å². The zero-order valence-corrected chi connectivity index (χ0v) is 10.6. The minimum absolute atomic E-state index is 0.218. The van der Waals surface area contributed by atoms with E-state index in [2.05, 4.69) is 31.4 Å². The summed E-state index contributed by atoms with van der Waals surface area (Å²) in [5, 5.41) is 11.0. The normalized spacial score (nSPS) is 10.3. The van der Waals surface area contributed by atoms with Crippen LogP contribution in [0.3, 0.4) is 0 Å². The number of carbonyl (C=O) groups excluding carboxylic acids is 1. The number of nitrogens with two attached hydrogens (primary N) is 1. The molecule has 84 valence electrons. The fraction of sp³-hybridized carbons (Fsp3) is 0.111. The van der Waals surface area contributed by atoms with Crippen LogP contribution in [0.25, 0.3) is 0 Å². The van der Waals surface area contributed by atoms with Crippen molar-refractivity contribution in [3.63, 3.8) is 0 Å². The highest BCUT2D eigenvalue weighted by Crippen LogP contribution is 2.22. The van der Waals surface area contributed by atoms with Crippen molar-refractivity contribution in [3.8, 4) is 0 Å². The van der Waals surface area contributed by atoms with E-state index in [-0.39, 0.29) is 5.91 Å². The number of nitrogens with one attached hydrogen (secondary N) is 2. The predicted octanol–water partition coefficient (Wildman–Crippen LogP) is 1.75. The summed E-state index contributed by atoms with van der Waals surface area (Å²) in [5.41, 5.74) is 5.77. The molecular weight excluding hydrogens is 292 g/mol. The van der Waals surface area contributed by atoms with Crippen LogP contribution in [0.4, 0.5) is 5.82 Å². The number of anilines is 1. The second-order valence-electron chi connectivity index (χ2n) is 3.08. The van der Waals surface area contributed by atoms with E-state index in [0.29, 0.717) is 18.1 Å². The van der Waals surface area contributed by atoms with Crippen molar-refractivity contribution in [2.75, 3.05) is 5.73 Å². The Labute approximate surface area is 104 Å². The molecule has 0 spiro atoms. The molecule has 4 N–H and O–H groups in total. The molecule has 0 aliphatic carbocycles. The van der Waals surface area contributed by atoms with E-state index in [9.17, 15) is 4.79 Å². The van der Waals surface area contributed by atoms with Crippen molar-refractivity contribution in [1.29, 1.82) is 0 Å². The van der Waals surface area contributed by atoms with Gasteiger partial charge in [0.2, 0.25) is 0 Å². The average Bonchev–Trinajstić information content (AvgIpc) is 2.84. The number of amides is 1. The maximum absolute atomic E-state index is 11.6. The van der Waals surface area contributed by atoms with Crippen molar-refractivity contribution in [2.45, 2.75) is 6.54 Å². The van der Waals surface area contributed by atoms with Crippen molar-refractivity contribution >= 4 is 39.0 Å². The van der Waals surface area contributed by atoms with E-state index < -0.39 is 0 Å². The first kappa shape index (κ1) is 11.2. The lowest BCUT2D eigenvalue weighted by molar-refractivity contribution is 0.0946. The molecule has 0 bridgehead atoms. The molecule has 1 amide bonds. The van der Waals surface area contributed by atoms with Gasteiger partial charge < -0.3 is 11.1 Å². The van der Waals surface area contributed by atoms with Crippen LogP contribution in [0.5, 0.6) is 0 Å². The van der Waals surface area contributed by atoms with E-state index in [1.807, 2.05) is 11.4 Å². The summed E-state index contributed by atoms with van der Waals surface area (Å²) >= 11 is 4.98. The highest BCUT2D eigenvalue weighted by Gasteiger charge is 2.09. The molecule has 0 aromatic carbocycles. The molecule has 0 aliphatic heterocycles. The molecule has 5 nitrogen and oxygen atoms in total. The number of H-pyrrole nitrogens is 1.